The number of hydrogen-bond acceptors (Lipinski definition) is 5. The monoisotopic (exact) mass is 515 g/mol. The molecule has 8 heteroatoms. The summed E-state index contributed by atoms with van der Waals surface area (Å²) in [6.07, 6.45) is 5.51. The van der Waals surface area contributed by atoms with Gasteiger partial charge in [0.25, 0.3) is 5.91 Å². The number of benzene rings is 3. The molecule has 1 heterocycles. The molecule has 0 fully saturated rings. The number of anilines is 1. The summed E-state index contributed by atoms with van der Waals surface area (Å²) in [5.41, 5.74) is 5.96. The van der Waals surface area contributed by atoms with Crippen LogP contribution in [-0.4, -0.2) is 32.6 Å². The molecule has 7 nitrogen and oxygen atoms in total. The first-order valence-electron chi connectivity index (χ1n) is 12.8. The van der Waals surface area contributed by atoms with E-state index in [-0.39, 0.29) is 11.0 Å². The molecule has 0 radical (unpaired) electrons. The van der Waals surface area contributed by atoms with E-state index in [1.54, 1.807) is 29.1 Å². The van der Waals surface area contributed by atoms with Crippen molar-refractivity contribution in [1.82, 2.24) is 20.3 Å². The van der Waals surface area contributed by atoms with Gasteiger partial charge in [0.15, 0.2) is 5.11 Å². The second kappa shape index (κ2) is 12.5. The second-order valence-corrected chi connectivity index (χ2v) is 9.46. The lowest BCUT2D eigenvalue weighted by Gasteiger charge is -2.12. The summed E-state index contributed by atoms with van der Waals surface area (Å²) in [6, 6.07) is 19.2. The van der Waals surface area contributed by atoms with Crippen molar-refractivity contribution in [2.45, 2.75) is 52.9 Å². The molecule has 0 spiro atoms. The van der Waals surface area contributed by atoms with Gasteiger partial charge in [0, 0.05) is 11.3 Å². The van der Waals surface area contributed by atoms with Crippen LogP contribution < -0.4 is 15.4 Å². The van der Waals surface area contributed by atoms with E-state index in [0.717, 1.165) is 53.0 Å². The Bertz CT molecular complexity index is 1360. The minimum absolute atomic E-state index is 0.214. The maximum atomic E-state index is 12.7. The van der Waals surface area contributed by atoms with Crippen LogP contribution in [0, 0.1) is 6.92 Å². The normalized spacial score (nSPS) is 10.9. The average molecular weight is 516 g/mol. The molecular formula is C29H33N5O2S. The van der Waals surface area contributed by atoms with Crippen LogP contribution in [0.25, 0.3) is 16.7 Å². The van der Waals surface area contributed by atoms with Crippen molar-refractivity contribution in [3.63, 3.8) is 0 Å². The van der Waals surface area contributed by atoms with Crippen molar-refractivity contribution < 1.29 is 9.53 Å². The highest BCUT2D eigenvalue weighted by Gasteiger charge is 2.12. The Hall–Kier alpha value is -3.78. The lowest BCUT2D eigenvalue weighted by atomic mass is 10.1. The first-order valence-corrected chi connectivity index (χ1v) is 13.2. The van der Waals surface area contributed by atoms with Crippen molar-refractivity contribution in [3.8, 4) is 11.4 Å². The Morgan fingerprint density at radius 2 is 1.62 bits per heavy atom. The molecule has 0 bridgehead atoms. The highest BCUT2D eigenvalue weighted by atomic mass is 32.1. The molecule has 0 aliphatic rings. The fourth-order valence-electron chi connectivity index (χ4n) is 3.86. The van der Waals surface area contributed by atoms with Gasteiger partial charge in [0.1, 0.15) is 16.8 Å². The third-order valence-electron chi connectivity index (χ3n) is 6.07. The van der Waals surface area contributed by atoms with Crippen LogP contribution in [0.2, 0.25) is 0 Å². The summed E-state index contributed by atoms with van der Waals surface area (Å²) in [6.45, 7) is 6.94. The topological polar surface area (TPSA) is 81.1 Å². The van der Waals surface area contributed by atoms with Gasteiger partial charge in [0.05, 0.1) is 12.3 Å². The summed E-state index contributed by atoms with van der Waals surface area (Å²) < 4.78 is 5.66. The predicted molar refractivity (Wildman–Crippen MR) is 153 cm³/mol. The summed E-state index contributed by atoms with van der Waals surface area (Å²) in [5, 5.41) is 15.4. The number of aromatic nitrogens is 3. The van der Waals surface area contributed by atoms with E-state index in [1.807, 2.05) is 31.2 Å². The molecule has 2 N–H and O–H groups in total. The molecule has 0 aliphatic carbocycles. The molecule has 3 aromatic carbocycles. The van der Waals surface area contributed by atoms with E-state index >= 15 is 0 Å². The number of thiocarbonyl (C=S) groups is 1. The molecule has 1 aromatic heterocycles. The summed E-state index contributed by atoms with van der Waals surface area (Å²) >= 11 is 5.41. The number of unbranched alkanes of at least 4 members (excludes halogenated alkanes) is 2. The van der Waals surface area contributed by atoms with Crippen LogP contribution in [0.5, 0.6) is 5.75 Å². The van der Waals surface area contributed by atoms with Crippen molar-refractivity contribution in [3.05, 3.63) is 77.4 Å². The standard InChI is InChI=1S/C29H33N5O2S/c1-4-6-8-21-9-13-23(14-10-21)34-32-26-18-20(3)25(19-27(26)33-34)30-29(37)31-28(35)22-11-15-24(16-12-22)36-17-7-5-2/h9-16,18-19H,4-8,17H2,1-3H3,(H2,30,31,35,37). The third-order valence-corrected chi connectivity index (χ3v) is 6.28. The zero-order chi connectivity index (χ0) is 26.2. The van der Waals surface area contributed by atoms with Gasteiger partial charge in [-0.2, -0.15) is 4.80 Å². The molecule has 0 aliphatic heterocycles. The summed E-state index contributed by atoms with van der Waals surface area (Å²) in [4.78, 5) is 14.3. The van der Waals surface area contributed by atoms with E-state index in [9.17, 15) is 4.79 Å². The highest BCUT2D eigenvalue weighted by Crippen LogP contribution is 2.22. The number of carbonyl (C=O) groups is 1. The molecule has 0 saturated heterocycles. The lowest BCUT2D eigenvalue weighted by molar-refractivity contribution is 0.0977. The fourth-order valence-corrected chi connectivity index (χ4v) is 4.06. The molecule has 1 amide bonds. The van der Waals surface area contributed by atoms with Crippen molar-refractivity contribution in [2.24, 2.45) is 0 Å². The van der Waals surface area contributed by atoms with Crippen LogP contribution in [0.15, 0.2) is 60.7 Å². The van der Waals surface area contributed by atoms with Crippen molar-refractivity contribution in [2.75, 3.05) is 11.9 Å². The molecule has 192 valence electrons. The number of fused-ring (bicyclic) bond motifs is 1. The first-order chi connectivity index (χ1) is 18.0. The fraction of sp³-hybridized carbons (Fsp3) is 0.310. The van der Waals surface area contributed by atoms with Gasteiger partial charge in [-0.25, -0.2) is 0 Å². The third kappa shape index (κ3) is 6.92. The number of nitrogens with zero attached hydrogens (tertiary/aromatic N) is 3. The first kappa shape index (κ1) is 26.3. The molecule has 37 heavy (non-hydrogen) atoms. The van der Waals surface area contributed by atoms with E-state index in [4.69, 9.17) is 17.0 Å². The van der Waals surface area contributed by atoms with Crippen LogP contribution in [0.4, 0.5) is 5.69 Å². The van der Waals surface area contributed by atoms with E-state index in [0.29, 0.717) is 12.2 Å². The molecule has 4 rings (SSSR count). The van der Waals surface area contributed by atoms with Crippen LogP contribution in [-0.2, 0) is 6.42 Å². The molecule has 0 saturated carbocycles. The van der Waals surface area contributed by atoms with E-state index < -0.39 is 0 Å². The van der Waals surface area contributed by atoms with Crippen LogP contribution in [0.3, 0.4) is 0 Å². The van der Waals surface area contributed by atoms with Gasteiger partial charge in [-0.1, -0.05) is 38.8 Å². The number of aryl methyl sites for hydroxylation is 2. The predicted octanol–water partition coefficient (Wildman–Crippen LogP) is 6.38. The Kier molecular flexibility index (Phi) is 8.85. The van der Waals surface area contributed by atoms with Crippen LogP contribution in [0.1, 0.15) is 61.0 Å². The van der Waals surface area contributed by atoms with Gasteiger partial charge < -0.3 is 10.1 Å². The maximum absolute atomic E-state index is 12.7. The van der Waals surface area contributed by atoms with Crippen molar-refractivity contribution >= 4 is 40.0 Å². The Morgan fingerprint density at radius 3 is 2.30 bits per heavy atom. The number of hydrogen-bond donors (Lipinski definition) is 2. The second-order valence-electron chi connectivity index (χ2n) is 9.05. The molecule has 0 unspecified atom stereocenters. The smallest absolute Gasteiger partial charge is 0.257 e. The van der Waals surface area contributed by atoms with E-state index in [2.05, 4.69) is 46.8 Å². The van der Waals surface area contributed by atoms with Gasteiger partial charge in [0.2, 0.25) is 0 Å². The zero-order valence-electron chi connectivity index (χ0n) is 21.6. The van der Waals surface area contributed by atoms with Gasteiger partial charge in [-0.3, -0.25) is 10.1 Å². The summed E-state index contributed by atoms with van der Waals surface area (Å²) in [5.74, 6) is 0.458. The largest absolute Gasteiger partial charge is 0.494 e. The Labute approximate surface area is 223 Å². The number of ether oxygens (including phenoxy) is 1. The van der Waals surface area contributed by atoms with Crippen LogP contribution >= 0.6 is 12.2 Å². The highest BCUT2D eigenvalue weighted by molar-refractivity contribution is 7.80. The summed E-state index contributed by atoms with van der Waals surface area (Å²) in [7, 11) is 0. The number of rotatable bonds is 10. The van der Waals surface area contributed by atoms with Gasteiger partial charge in [-0.15, -0.1) is 10.2 Å². The molecule has 0 atom stereocenters. The van der Waals surface area contributed by atoms with Gasteiger partial charge in [-0.05, 0) is 98.1 Å². The number of carbonyl (C=O) groups excluding carboxylic acids is 1. The minimum Gasteiger partial charge on any atom is -0.494 e. The Morgan fingerprint density at radius 1 is 0.946 bits per heavy atom. The number of nitrogens with one attached hydrogen (secondary N) is 2. The average Bonchev–Trinajstić information content (AvgIpc) is 3.31. The maximum Gasteiger partial charge on any atom is 0.257 e. The number of amides is 1. The SMILES string of the molecule is CCCCOc1ccc(C(=O)NC(=S)Nc2cc3nn(-c4ccc(CCCC)cc4)nc3cc2C)cc1. The lowest BCUT2D eigenvalue weighted by Crippen LogP contribution is -2.34. The van der Waals surface area contributed by atoms with E-state index in [1.165, 1.54) is 18.4 Å². The van der Waals surface area contributed by atoms with Gasteiger partial charge >= 0.3 is 0 Å². The zero-order valence-corrected chi connectivity index (χ0v) is 22.4. The Balaban J connectivity index is 1.40. The van der Waals surface area contributed by atoms with Crippen molar-refractivity contribution in [1.29, 1.82) is 0 Å². The molecule has 4 aromatic rings. The molecular weight excluding hydrogens is 482 g/mol. The quantitative estimate of drug-likeness (QED) is 0.188. The minimum atomic E-state index is -0.287.